The highest BCUT2D eigenvalue weighted by Gasteiger charge is 2.12. The predicted octanol–water partition coefficient (Wildman–Crippen LogP) is 4.03. The van der Waals surface area contributed by atoms with Crippen molar-refractivity contribution in [3.05, 3.63) is 51.9 Å². The molecule has 0 radical (unpaired) electrons. The number of hydrogen-bond acceptors (Lipinski definition) is 3. The zero-order valence-corrected chi connectivity index (χ0v) is 13.8. The van der Waals surface area contributed by atoms with E-state index in [1.807, 2.05) is 43.3 Å². The van der Waals surface area contributed by atoms with Gasteiger partial charge in [-0.1, -0.05) is 17.7 Å². The van der Waals surface area contributed by atoms with Crippen LogP contribution in [0.5, 0.6) is 0 Å². The Kier molecular flexibility index (Phi) is 3.43. The van der Waals surface area contributed by atoms with E-state index in [9.17, 15) is 4.79 Å². The lowest BCUT2D eigenvalue weighted by molar-refractivity contribution is 0.753. The van der Waals surface area contributed by atoms with E-state index in [0.717, 1.165) is 32.1 Å². The number of nitrogens with zero attached hydrogens (tertiary/aromatic N) is 2. The summed E-state index contributed by atoms with van der Waals surface area (Å²) in [5, 5.41) is 1.43. The third-order valence-corrected chi connectivity index (χ3v) is 4.90. The molecule has 5 nitrogen and oxygen atoms in total. The van der Waals surface area contributed by atoms with Crippen molar-refractivity contribution in [1.29, 1.82) is 0 Å². The summed E-state index contributed by atoms with van der Waals surface area (Å²) < 4.78 is 1.72. The minimum absolute atomic E-state index is 0.0908. The van der Waals surface area contributed by atoms with E-state index in [4.69, 9.17) is 11.6 Å². The minimum Gasteiger partial charge on any atom is -0.333 e. The number of aromatic nitrogens is 4. The third kappa shape index (κ3) is 2.44. The number of fused-ring (bicyclic) bond motifs is 2. The van der Waals surface area contributed by atoms with Gasteiger partial charge in [-0.15, -0.1) is 0 Å². The average Bonchev–Trinajstić information content (AvgIpc) is 3.06. The number of halogens is 1. The quantitative estimate of drug-likeness (QED) is 0.589. The minimum atomic E-state index is -0.0908. The molecular weight excluding hydrogens is 332 g/mol. The van der Waals surface area contributed by atoms with Crippen LogP contribution in [0.25, 0.3) is 22.1 Å². The maximum atomic E-state index is 12.0. The number of para-hydroxylation sites is 1. The molecule has 0 aliphatic heterocycles. The summed E-state index contributed by atoms with van der Waals surface area (Å²) in [7, 11) is 0. The summed E-state index contributed by atoms with van der Waals surface area (Å²) >= 11 is 7.49. The number of H-pyrrole nitrogens is 2. The van der Waals surface area contributed by atoms with Gasteiger partial charge >= 0.3 is 5.69 Å². The van der Waals surface area contributed by atoms with Crippen LogP contribution in [0, 0.1) is 0 Å². The molecule has 23 heavy (non-hydrogen) atoms. The highest BCUT2D eigenvalue weighted by molar-refractivity contribution is 7.99. The molecule has 0 aliphatic carbocycles. The fraction of sp³-hybridized carbons (Fsp3) is 0.125. The summed E-state index contributed by atoms with van der Waals surface area (Å²) in [5.41, 5.74) is 3.41. The van der Waals surface area contributed by atoms with Crippen LogP contribution in [0.15, 0.2) is 51.2 Å². The third-order valence-electron chi connectivity index (χ3n) is 3.72. The standard InChI is InChI=1S/C16H13ClN4OS/c1-2-21-12-4-3-5-13(14(12)20-16(21)22)23-15-18-10-7-6-9(17)8-11(10)19-15/h3-8H,2H2,1H3,(H,18,19)(H,20,22). The van der Waals surface area contributed by atoms with Gasteiger partial charge in [-0.25, -0.2) is 9.78 Å². The molecule has 2 aromatic heterocycles. The van der Waals surface area contributed by atoms with Gasteiger partial charge in [0.1, 0.15) is 0 Å². The average molecular weight is 345 g/mol. The number of nitrogens with one attached hydrogen (secondary N) is 2. The van der Waals surface area contributed by atoms with Crippen molar-refractivity contribution >= 4 is 45.4 Å². The van der Waals surface area contributed by atoms with Crippen LogP contribution in [0.3, 0.4) is 0 Å². The zero-order chi connectivity index (χ0) is 16.0. The second kappa shape index (κ2) is 5.47. The molecule has 0 fully saturated rings. The van der Waals surface area contributed by atoms with Crippen LogP contribution in [0.2, 0.25) is 5.02 Å². The number of aromatic amines is 2. The van der Waals surface area contributed by atoms with Gasteiger partial charge in [0, 0.05) is 16.5 Å². The molecular formula is C16H13ClN4OS. The van der Waals surface area contributed by atoms with Crippen molar-refractivity contribution in [2.75, 3.05) is 0 Å². The largest absolute Gasteiger partial charge is 0.333 e. The monoisotopic (exact) mass is 344 g/mol. The van der Waals surface area contributed by atoms with E-state index < -0.39 is 0 Å². The van der Waals surface area contributed by atoms with Crippen LogP contribution in [-0.2, 0) is 6.54 Å². The van der Waals surface area contributed by atoms with Crippen LogP contribution in [0.1, 0.15) is 6.92 Å². The molecule has 0 amide bonds. The van der Waals surface area contributed by atoms with Gasteiger partial charge in [-0.3, -0.25) is 4.57 Å². The van der Waals surface area contributed by atoms with Gasteiger partial charge in [0.25, 0.3) is 0 Å². The van der Waals surface area contributed by atoms with Gasteiger partial charge in [0.05, 0.1) is 22.1 Å². The van der Waals surface area contributed by atoms with Crippen LogP contribution < -0.4 is 5.69 Å². The molecule has 0 atom stereocenters. The maximum absolute atomic E-state index is 12.0. The summed E-state index contributed by atoms with van der Waals surface area (Å²) in [6, 6.07) is 11.4. The lowest BCUT2D eigenvalue weighted by atomic mass is 10.3. The molecule has 4 rings (SSSR count). The molecule has 2 aromatic carbocycles. The van der Waals surface area contributed by atoms with Crippen LogP contribution in [-0.4, -0.2) is 19.5 Å². The van der Waals surface area contributed by atoms with E-state index in [0.29, 0.717) is 11.6 Å². The van der Waals surface area contributed by atoms with Crippen molar-refractivity contribution in [3.63, 3.8) is 0 Å². The second-order valence-corrected chi connectivity index (χ2v) is 6.60. The Balaban J connectivity index is 1.81. The lowest BCUT2D eigenvalue weighted by Crippen LogP contribution is -2.14. The SMILES string of the molecule is CCn1c(=O)[nH]c2c(Sc3nc4ccc(Cl)cc4[nH]3)cccc21. The van der Waals surface area contributed by atoms with Gasteiger partial charge in [0.2, 0.25) is 0 Å². The summed E-state index contributed by atoms with van der Waals surface area (Å²) in [6.07, 6.45) is 0. The first kappa shape index (κ1) is 14.4. The van der Waals surface area contributed by atoms with Gasteiger partial charge in [0.15, 0.2) is 5.16 Å². The Hall–Kier alpha value is -2.18. The predicted molar refractivity (Wildman–Crippen MR) is 93.5 cm³/mol. The molecule has 0 spiro atoms. The fourth-order valence-electron chi connectivity index (χ4n) is 2.66. The topological polar surface area (TPSA) is 66.5 Å². The number of aryl methyl sites for hydroxylation is 1. The summed E-state index contributed by atoms with van der Waals surface area (Å²) in [5.74, 6) is 0. The van der Waals surface area contributed by atoms with Gasteiger partial charge in [-0.2, -0.15) is 0 Å². The smallest absolute Gasteiger partial charge is 0.326 e. The first-order valence-electron chi connectivity index (χ1n) is 7.20. The number of imidazole rings is 2. The van der Waals surface area contributed by atoms with E-state index in [1.54, 1.807) is 4.57 Å². The van der Waals surface area contributed by atoms with Crippen molar-refractivity contribution in [1.82, 2.24) is 19.5 Å². The Bertz CT molecular complexity index is 1080. The van der Waals surface area contributed by atoms with E-state index >= 15 is 0 Å². The molecule has 0 bridgehead atoms. The molecule has 2 heterocycles. The fourth-order valence-corrected chi connectivity index (χ4v) is 3.75. The van der Waals surface area contributed by atoms with Crippen molar-refractivity contribution in [3.8, 4) is 0 Å². The van der Waals surface area contributed by atoms with E-state index in [1.165, 1.54) is 11.8 Å². The molecule has 0 unspecified atom stereocenters. The number of rotatable bonds is 3. The Labute approximate surface area is 140 Å². The van der Waals surface area contributed by atoms with Gasteiger partial charge in [-0.05, 0) is 49.0 Å². The highest BCUT2D eigenvalue weighted by Crippen LogP contribution is 2.32. The van der Waals surface area contributed by atoms with Crippen LogP contribution >= 0.6 is 23.4 Å². The van der Waals surface area contributed by atoms with Crippen LogP contribution in [0.4, 0.5) is 0 Å². The summed E-state index contributed by atoms with van der Waals surface area (Å²) in [6.45, 7) is 2.59. The van der Waals surface area contributed by atoms with Gasteiger partial charge < -0.3 is 9.97 Å². The molecule has 4 aromatic rings. The number of hydrogen-bond donors (Lipinski definition) is 2. The molecule has 0 aliphatic rings. The van der Waals surface area contributed by atoms with E-state index in [2.05, 4.69) is 15.0 Å². The molecule has 7 heteroatoms. The Morgan fingerprint density at radius 3 is 2.96 bits per heavy atom. The normalized spacial score (nSPS) is 11.6. The maximum Gasteiger partial charge on any atom is 0.326 e. The van der Waals surface area contributed by atoms with E-state index in [-0.39, 0.29) is 5.69 Å². The lowest BCUT2D eigenvalue weighted by Gasteiger charge is -2.01. The first-order valence-corrected chi connectivity index (χ1v) is 8.40. The van der Waals surface area contributed by atoms with Crippen molar-refractivity contribution in [2.45, 2.75) is 23.5 Å². The molecule has 0 saturated carbocycles. The Morgan fingerprint density at radius 2 is 2.13 bits per heavy atom. The highest BCUT2D eigenvalue weighted by atomic mass is 35.5. The van der Waals surface area contributed by atoms with Crippen molar-refractivity contribution in [2.24, 2.45) is 0 Å². The second-order valence-electron chi connectivity index (χ2n) is 5.13. The number of benzene rings is 2. The Morgan fingerprint density at radius 1 is 1.26 bits per heavy atom. The first-order chi connectivity index (χ1) is 11.2. The van der Waals surface area contributed by atoms with Crippen molar-refractivity contribution < 1.29 is 0 Å². The molecule has 2 N–H and O–H groups in total. The summed E-state index contributed by atoms with van der Waals surface area (Å²) in [4.78, 5) is 23.7. The molecule has 116 valence electrons. The zero-order valence-electron chi connectivity index (χ0n) is 12.3. The molecule has 0 saturated heterocycles.